The molecule has 0 spiro atoms. The third-order valence-corrected chi connectivity index (χ3v) is 6.82. The summed E-state index contributed by atoms with van der Waals surface area (Å²) in [5.74, 6) is 1.73. The molecule has 2 aromatic rings. The van der Waals surface area contributed by atoms with E-state index >= 15 is 0 Å². The highest BCUT2D eigenvalue weighted by molar-refractivity contribution is 5.96. The number of phenolic OH excluding ortho intramolecular Hbond substituents is 1. The third-order valence-electron chi connectivity index (χ3n) is 6.82. The number of hydrogen-bond acceptors (Lipinski definition) is 3. The minimum absolute atomic E-state index is 0.198. The number of aliphatic imine (C=N–C) groups is 1. The summed E-state index contributed by atoms with van der Waals surface area (Å²) in [7, 11) is 0. The highest BCUT2D eigenvalue weighted by Crippen LogP contribution is 2.30. The van der Waals surface area contributed by atoms with E-state index < -0.39 is 0 Å². The summed E-state index contributed by atoms with van der Waals surface area (Å²) in [6, 6.07) is 16.1. The molecule has 2 atom stereocenters. The molecular weight excluding hydrogens is 412 g/mol. The normalized spacial score (nSPS) is 21.3. The lowest BCUT2D eigenvalue weighted by atomic mass is 9.86. The molecule has 176 valence electrons. The van der Waals surface area contributed by atoms with E-state index in [0.29, 0.717) is 36.6 Å². The molecule has 1 saturated heterocycles. The predicted molar refractivity (Wildman–Crippen MR) is 134 cm³/mol. The fourth-order valence-electron chi connectivity index (χ4n) is 4.79. The number of benzene rings is 2. The Kier molecular flexibility index (Phi) is 7.87. The van der Waals surface area contributed by atoms with Gasteiger partial charge in [0, 0.05) is 32.1 Å². The van der Waals surface area contributed by atoms with E-state index in [-0.39, 0.29) is 11.7 Å². The first-order valence-corrected chi connectivity index (χ1v) is 12.3. The lowest BCUT2D eigenvalue weighted by molar-refractivity contribution is -0.127. The molecule has 2 fully saturated rings. The maximum atomic E-state index is 11.9. The van der Waals surface area contributed by atoms with Crippen molar-refractivity contribution < 1.29 is 9.90 Å². The van der Waals surface area contributed by atoms with Crippen molar-refractivity contribution in [3.8, 4) is 16.9 Å². The van der Waals surface area contributed by atoms with Gasteiger partial charge in [0.05, 0.1) is 5.69 Å². The van der Waals surface area contributed by atoms with Crippen LogP contribution in [0.1, 0.15) is 51.9 Å². The first kappa shape index (κ1) is 23.1. The number of nitrogens with zero attached hydrogens (tertiary/aromatic N) is 2. The zero-order valence-corrected chi connectivity index (χ0v) is 19.6. The van der Waals surface area contributed by atoms with Gasteiger partial charge >= 0.3 is 0 Å². The zero-order valence-electron chi connectivity index (χ0n) is 19.6. The average Bonchev–Trinajstić information content (AvgIpc) is 3.24. The van der Waals surface area contributed by atoms with Gasteiger partial charge in [-0.3, -0.25) is 9.79 Å². The van der Waals surface area contributed by atoms with Crippen LogP contribution in [0.4, 0.5) is 5.69 Å². The largest absolute Gasteiger partial charge is 0.506 e. The molecule has 0 radical (unpaired) electrons. The van der Waals surface area contributed by atoms with Gasteiger partial charge < -0.3 is 20.6 Å². The summed E-state index contributed by atoms with van der Waals surface area (Å²) in [4.78, 5) is 18.6. The summed E-state index contributed by atoms with van der Waals surface area (Å²) < 4.78 is 0. The van der Waals surface area contributed by atoms with Crippen LogP contribution in [0.5, 0.6) is 5.75 Å². The Balaban J connectivity index is 1.48. The second-order valence-electron chi connectivity index (χ2n) is 9.30. The lowest BCUT2D eigenvalue weighted by Crippen LogP contribution is -2.44. The highest BCUT2D eigenvalue weighted by atomic mass is 16.3. The highest BCUT2D eigenvalue weighted by Gasteiger charge is 2.23. The zero-order chi connectivity index (χ0) is 23.0. The van der Waals surface area contributed by atoms with E-state index in [4.69, 9.17) is 4.99 Å². The van der Waals surface area contributed by atoms with Gasteiger partial charge in [0.15, 0.2) is 5.96 Å². The molecule has 2 aromatic carbocycles. The fraction of sp³-hybridized carbons (Fsp3) is 0.481. The number of rotatable bonds is 7. The summed E-state index contributed by atoms with van der Waals surface area (Å²) in [6.07, 6.45) is 7.32. The molecule has 0 aromatic heterocycles. The molecular formula is C27H36N4O2. The number of likely N-dealkylation sites (tertiary alicyclic amines) is 1. The van der Waals surface area contributed by atoms with Crippen molar-refractivity contribution in [2.24, 2.45) is 10.9 Å². The van der Waals surface area contributed by atoms with E-state index in [9.17, 15) is 9.90 Å². The minimum atomic E-state index is 0.198. The molecule has 4 rings (SSSR count). The van der Waals surface area contributed by atoms with Crippen molar-refractivity contribution in [3.63, 3.8) is 0 Å². The van der Waals surface area contributed by atoms with Crippen molar-refractivity contribution in [2.45, 2.75) is 57.9 Å². The van der Waals surface area contributed by atoms with Gasteiger partial charge in [-0.05, 0) is 54.9 Å². The molecule has 6 nitrogen and oxygen atoms in total. The second-order valence-corrected chi connectivity index (χ2v) is 9.30. The van der Waals surface area contributed by atoms with E-state index in [1.54, 1.807) is 6.07 Å². The number of amides is 1. The van der Waals surface area contributed by atoms with E-state index in [1.807, 2.05) is 35.2 Å². The molecule has 2 aliphatic rings. The van der Waals surface area contributed by atoms with Crippen LogP contribution in [0.15, 0.2) is 53.5 Å². The van der Waals surface area contributed by atoms with Crippen molar-refractivity contribution in [1.82, 2.24) is 10.2 Å². The standard InChI is InChI=1S/C27H36N4O2/c1-20-9-5-6-12-23(20)29-27(28-16-8-18-31-17-7-13-26(31)33)30-24-19-22(14-15-25(24)32)21-10-3-2-4-11-21/h2-4,10-11,14-15,19-20,23,32H,5-9,12-13,16-18H2,1H3,(H2,28,29,30). The van der Waals surface area contributed by atoms with Crippen LogP contribution in [-0.4, -0.2) is 47.5 Å². The number of nitrogens with one attached hydrogen (secondary N) is 2. The molecule has 6 heteroatoms. The molecule has 1 amide bonds. The van der Waals surface area contributed by atoms with E-state index in [2.05, 4.69) is 29.7 Å². The summed E-state index contributed by atoms with van der Waals surface area (Å²) in [5.41, 5.74) is 2.78. The van der Waals surface area contributed by atoms with Crippen molar-refractivity contribution >= 4 is 17.6 Å². The van der Waals surface area contributed by atoms with Crippen molar-refractivity contribution in [3.05, 3.63) is 48.5 Å². The number of hydrogen-bond donors (Lipinski definition) is 3. The Morgan fingerprint density at radius 3 is 2.67 bits per heavy atom. The number of guanidine groups is 1. The first-order valence-electron chi connectivity index (χ1n) is 12.3. The van der Waals surface area contributed by atoms with Crippen LogP contribution >= 0.6 is 0 Å². The van der Waals surface area contributed by atoms with Crippen LogP contribution in [-0.2, 0) is 4.79 Å². The van der Waals surface area contributed by atoms with Gasteiger partial charge in [0.2, 0.25) is 5.91 Å². The molecule has 1 aliphatic heterocycles. The monoisotopic (exact) mass is 448 g/mol. The smallest absolute Gasteiger partial charge is 0.222 e. The van der Waals surface area contributed by atoms with Crippen LogP contribution < -0.4 is 10.6 Å². The molecule has 1 aliphatic carbocycles. The van der Waals surface area contributed by atoms with Crippen LogP contribution in [0.3, 0.4) is 0 Å². The number of carbonyl (C=O) groups excluding carboxylic acids is 1. The Labute approximate surface area is 197 Å². The second kappa shape index (κ2) is 11.2. The quantitative estimate of drug-likeness (QED) is 0.241. The van der Waals surface area contributed by atoms with Gasteiger partial charge in [0.1, 0.15) is 5.75 Å². The Morgan fingerprint density at radius 1 is 1.09 bits per heavy atom. The molecule has 1 heterocycles. The topological polar surface area (TPSA) is 77.0 Å². The summed E-state index contributed by atoms with van der Waals surface area (Å²) in [6.45, 7) is 4.54. The van der Waals surface area contributed by atoms with Gasteiger partial charge in [-0.1, -0.05) is 56.2 Å². The minimum Gasteiger partial charge on any atom is -0.506 e. The van der Waals surface area contributed by atoms with Crippen molar-refractivity contribution in [1.29, 1.82) is 0 Å². The summed E-state index contributed by atoms with van der Waals surface area (Å²) >= 11 is 0. The summed E-state index contributed by atoms with van der Waals surface area (Å²) in [5, 5.41) is 17.5. The van der Waals surface area contributed by atoms with Crippen LogP contribution in [0, 0.1) is 5.92 Å². The molecule has 1 saturated carbocycles. The van der Waals surface area contributed by atoms with Gasteiger partial charge in [-0.2, -0.15) is 0 Å². The first-order chi connectivity index (χ1) is 16.1. The Bertz CT molecular complexity index is 960. The molecule has 3 N–H and O–H groups in total. The Morgan fingerprint density at radius 2 is 1.91 bits per heavy atom. The number of carbonyl (C=O) groups is 1. The molecule has 0 bridgehead atoms. The van der Waals surface area contributed by atoms with Crippen LogP contribution in [0.2, 0.25) is 0 Å². The molecule has 2 unspecified atom stereocenters. The van der Waals surface area contributed by atoms with E-state index in [0.717, 1.165) is 43.5 Å². The lowest BCUT2D eigenvalue weighted by Gasteiger charge is -2.31. The SMILES string of the molecule is CC1CCCCC1NC(=NCCCN1CCCC1=O)Nc1cc(-c2ccccc2)ccc1O. The van der Waals surface area contributed by atoms with Gasteiger partial charge in [0.25, 0.3) is 0 Å². The van der Waals surface area contributed by atoms with E-state index in [1.165, 1.54) is 19.3 Å². The van der Waals surface area contributed by atoms with Crippen molar-refractivity contribution in [2.75, 3.05) is 25.0 Å². The van der Waals surface area contributed by atoms with Crippen LogP contribution in [0.25, 0.3) is 11.1 Å². The van der Waals surface area contributed by atoms with Gasteiger partial charge in [-0.15, -0.1) is 0 Å². The predicted octanol–water partition coefficient (Wildman–Crippen LogP) is 5.01. The number of phenols is 1. The number of anilines is 1. The Hall–Kier alpha value is -3.02. The molecule has 33 heavy (non-hydrogen) atoms. The van der Waals surface area contributed by atoms with Gasteiger partial charge in [-0.25, -0.2) is 0 Å². The third kappa shape index (κ3) is 6.28. The maximum Gasteiger partial charge on any atom is 0.222 e. The fourth-order valence-corrected chi connectivity index (χ4v) is 4.79. The number of aromatic hydroxyl groups is 1. The maximum absolute atomic E-state index is 11.9. The average molecular weight is 449 g/mol.